The van der Waals surface area contributed by atoms with E-state index in [9.17, 15) is 13.2 Å². The first-order valence-electron chi connectivity index (χ1n) is 6.88. The minimum Gasteiger partial charge on any atom is -0.382 e. The second-order valence-electron chi connectivity index (χ2n) is 5.52. The summed E-state index contributed by atoms with van der Waals surface area (Å²) in [5.74, 6) is -0.822. The molecule has 1 amide bonds. The van der Waals surface area contributed by atoms with Crippen molar-refractivity contribution in [3.05, 3.63) is 36.0 Å². The maximum absolute atomic E-state index is 12.8. The van der Waals surface area contributed by atoms with E-state index in [1.54, 1.807) is 24.4 Å². The molecule has 1 atom stereocenters. The number of hydrogen-bond acceptors (Lipinski definition) is 5. The summed E-state index contributed by atoms with van der Waals surface area (Å²) < 4.78 is 32.8. The third-order valence-corrected chi connectivity index (χ3v) is 5.21. The first-order valence-corrected chi connectivity index (χ1v) is 8.37. The lowest BCUT2D eigenvalue weighted by molar-refractivity contribution is -0.124. The number of hydrogen-bond donors (Lipinski definition) is 2. The molecule has 2 aromatic rings. The quantitative estimate of drug-likeness (QED) is 0.806. The van der Waals surface area contributed by atoms with Crippen LogP contribution in [-0.2, 0) is 19.6 Å². The molecule has 0 aliphatic heterocycles. The number of pyridine rings is 1. The van der Waals surface area contributed by atoms with Gasteiger partial charge in [-0.3, -0.25) is 9.78 Å². The van der Waals surface area contributed by atoms with E-state index in [0.717, 1.165) is 5.56 Å². The Bertz CT molecular complexity index is 851. The van der Waals surface area contributed by atoms with Crippen molar-refractivity contribution in [2.45, 2.75) is 24.3 Å². The lowest BCUT2D eigenvalue weighted by Gasteiger charge is -2.26. The number of primary amides is 1. The lowest BCUT2D eigenvalue weighted by Crippen LogP contribution is -2.58. The summed E-state index contributed by atoms with van der Waals surface area (Å²) in [5.41, 5.74) is 5.21. The smallest absolute Gasteiger partial charge is 0.242 e. The Kier molecular flexibility index (Phi) is 4.69. The highest BCUT2D eigenvalue weighted by atomic mass is 32.2. The molecule has 0 aliphatic rings. The van der Waals surface area contributed by atoms with Crippen LogP contribution >= 0.6 is 0 Å². The predicted molar refractivity (Wildman–Crippen MR) is 86.3 cm³/mol. The van der Waals surface area contributed by atoms with Gasteiger partial charge in [0.25, 0.3) is 0 Å². The van der Waals surface area contributed by atoms with Gasteiger partial charge in [0.2, 0.25) is 15.9 Å². The monoisotopic (exact) mass is 337 g/mol. The Morgan fingerprint density at radius 1 is 1.39 bits per heavy atom. The van der Waals surface area contributed by atoms with Gasteiger partial charge < -0.3 is 10.5 Å². The van der Waals surface area contributed by atoms with Gasteiger partial charge in [0.1, 0.15) is 5.54 Å². The first-order chi connectivity index (χ1) is 10.7. The van der Waals surface area contributed by atoms with Gasteiger partial charge in [0.15, 0.2) is 0 Å². The number of carbonyl (C=O) groups is 1. The van der Waals surface area contributed by atoms with Crippen LogP contribution in [0.2, 0.25) is 0 Å². The summed E-state index contributed by atoms with van der Waals surface area (Å²) in [4.78, 5) is 15.9. The zero-order valence-electron chi connectivity index (χ0n) is 13.2. The molecule has 1 aromatic carbocycles. The Hall–Kier alpha value is -2.03. The Balaban J connectivity index is 2.57. The molecule has 0 unspecified atom stereocenters. The van der Waals surface area contributed by atoms with Crippen LogP contribution in [0.15, 0.2) is 35.4 Å². The SMILES string of the molecule is COC[C@](C)(NS(=O)(=O)c1ccc(C)c2ncccc12)C(N)=O. The molecule has 1 heterocycles. The van der Waals surface area contributed by atoms with Crippen molar-refractivity contribution in [1.82, 2.24) is 9.71 Å². The molecule has 2 rings (SSSR count). The van der Waals surface area contributed by atoms with Crippen molar-refractivity contribution in [3.63, 3.8) is 0 Å². The molecule has 1 aromatic heterocycles. The normalized spacial score (nSPS) is 14.6. The summed E-state index contributed by atoms with van der Waals surface area (Å²) in [7, 11) is -2.64. The van der Waals surface area contributed by atoms with Crippen molar-refractivity contribution in [2.24, 2.45) is 5.73 Å². The van der Waals surface area contributed by atoms with Crippen molar-refractivity contribution in [3.8, 4) is 0 Å². The van der Waals surface area contributed by atoms with Gasteiger partial charge in [0, 0.05) is 18.7 Å². The highest BCUT2D eigenvalue weighted by Crippen LogP contribution is 2.25. The van der Waals surface area contributed by atoms with E-state index in [2.05, 4.69) is 9.71 Å². The lowest BCUT2D eigenvalue weighted by atomic mass is 10.1. The Labute approximate surface area is 134 Å². The van der Waals surface area contributed by atoms with E-state index < -0.39 is 21.5 Å². The molecule has 0 fully saturated rings. The van der Waals surface area contributed by atoms with Gasteiger partial charge in [-0.2, -0.15) is 4.72 Å². The zero-order chi connectivity index (χ0) is 17.3. The van der Waals surface area contributed by atoms with Crippen LogP contribution in [0.5, 0.6) is 0 Å². The molecule has 0 aliphatic carbocycles. The van der Waals surface area contributed by atoms with Crippen molar-refractivity contribution >= 4 is 26.8 Å². The van der Waals surface area contributed by atoms with E-state index in [1.807, 2.05) is 6.92 Å². The molecule has 0 spiro atoms. The number of sulfonamides is 1. The van der Waals surface area contributed by atoms with Crippen LogP contribution in [0, 0.1) is 6.92 Å². The average Bonchev–Trinajstić information content (AvgIpc) is 2.47. The summed E-state index contributed by atoms with van der Waals surface area (Å²) in [6.07, 6.45) is 1.59. The van der Waals surface area contributed by atoms with Crippen LogP contribution in [0.3, 0.4) is 0 Å². The number of amides is 1. The second kappa shape index (κ2) is 6.23. The standard InChI is InChI=1S/C15H19N3O4S/c1-10-6-7-12(11-5-4-8-17-13(10)11)23(20,21)18-15(2,9-22-3)14(16)19/h4-8,18H,9H2,1-3H3,(H2,16,19)/t15-/m0/s1. The van der Waals surface area contributed by atoms with E-state index >= 15 is 0 Å². The van der Waals surface area contributed by atoms with E-state index in [0.29, 0.717) is 10.9 Å². The molecule has 0 saturated carbocycles. The fourth-order valence-electron chi connectivity index (χ4n) is 2.31. The number of ether oxygens (including phenoxy) is 1. The van der Waals surface area contributed by atoms with Crippen molar-refractivity contribution in [2.75, 3.05) is 13.7 Å². The zero-order valence-corrected chi connectivity index (χ0v) is 14.0. The minimum absolute atomic E-state index is 0.0368. The Morgan fingerprint density at radius 3 is 2.70 bits per heavy atom. The number of carbonyl (C=O) groups excluding carboxylic acids is 1. The summed E-state index contributed by atoms with van der Waals surface area (Å²) >= 11 is 0. The van der Waals surface area contributed by atoms with Crippen LogP contribution in [0.4, 0.5) is 0 Å². The summed E-state index contributed by atoms with van der Waals surface area (Å²) in [6.45, 7) is 3.05. The number of rotatable bonds is 6. The van der Waals surface area contributed by atoms with Crippen molar-refractivity contribution in [1.29, 1.82) is 0 Å². The van der Waals surface area contributed by atoms with Gasteiger partial charge >= 0.3 is 0 Å². The summed E-state index contributed by atoms with van der Waals surface area (Å²) in [6, 6.07) is 6.47. The fourth-order valence-corrected chi connectivity index (χ4v) is 3.88. The number of aryl methyl sites for hydroxylation is 1. The molecule has 124 valence electrons. The maximum Gasteiger partial charge on any atom is 0.242 e. The molecule has 8 heteroatoms. The number of methoxy groups -OCH3 is 1. The van der Waals surface area contributed by atoms with E-state index in [1.165, 1.54) is 20.1 Å². The van der Waals surface area contributed by atoms with Crippen LogP contribution < -0.4 is 10.5 Å². The molecule has 0 bridgehead atoms. The number of nitrogens with zero attached hydrogens (tertiary/aromatic N) is 1. The molecule has 23 heavy (non-hydrogen) atoms. The fraction of sp³-hybridized carbons (Fsp3) is 0.333. The van der Waals surface area contributed by atoms with Gasteiger partial charge in [-0.25, -0.2) is 8.42 Å². The van der Waals surface area contributed by atoms with E-state index in [4.69, 9.17) is 10.5 Å². The van der Waals surface area contributed by atoms with Gasteiger partial charge in [-0.05, 0) is 37.6 Å². The number of nitrogens with two attached hydrogens (primary N) is 1. The minimum atomic E-state index is -4.00. The maximum atomic E-state index is 12.8. The van der Waals surface area contributed by atoms with Crippen LogP contribution in [0.1, 0.15) is 12.5 Å². The van der Waals surface area contributed by atoms with Crippen LogP contribution in [-0.4, -0.2) is 38.6 Å². The number of aromatic nitrogens is 1. The average molecular weight is 337 g/mol. The van der Waals surface area contributed by atoms with Gasteiger partial charge in [0.05, 0.1) is 17.0 Å². The van der Waals surface area contributed by atoms with Crippen molar-refractivity contribution < 1.29 is 17.9 Å². The highest BCUT2D eigenvalue weighted by Gasteiger charge is 2.37. The Morgan fingerprint density at radius 2 is 2.09 bits per heavy atom. The highest BCUT2D eigenvalue weighted by molar-refractivity contribution is 7.89. The molecular formula is C15H19N3O4S. The molecular weight excluding hydrogens is 318 g/mol. The number of benzene rings is 1. The topological polar surface area (TPSA) is 111 Å². The summed E-state index contributed by atoms with van der Waals surface area (Å²) in [5, 5.41) is 0.476. The largest absolute Gasteiger partial charge is 0.382 e. The number of nitrogens with one attached hydrogen (secondary N) is 1. The predicted octanol–water partition coefficient (Wildman–Crippen LogP) is 0.712. The van der Waals surface area contributed by atoms with E-state index in [-0.39, 0.29) is 11.5 Å². The third kappa shape index (κ3) is 3.34. The second-order valence-corrected chi connectivity index (χ2v) is 7.17. The molecule has 3 N–H and O–H groups in total. The molecule has 0 radical (unpaired) electrons. The van der Waals surface area contributed by atoms with Crippen LogP contribution in [0.25, 0.3) is 10.9 Å². The molecule has 7 nitrogen and oxygen atoms in total. The molecule has 0 saturated heterocycles. The third-order valence-electron chi connectivity index (χ3n) is 3.56. The van der Waals surface area contributed by atoms with Gasteiger partial charge in [-0.15, -0.1) is 0 Å². The number of fused-ring (bicyclic) bond motifs is 1. The first kappa shape index (κ1) is 17.3. The van der Waals surface area contributed by atoms with Gasteiger partial charge in [-0.1, -0.05) is 6.07 Å².